The molecule has 0 unspecified atom stereocenters. The van der Waals surface area contributed by atoms with Gasteiger partial charge in [-0.15, -0.1) is 11.6 Å². The Bertz CT molecular complexity index is 776. The maximum atomic E-state index is 11.9. The molecule has 0 bridgehead atoms. The number of carbonyl (C=O) groups is 1. The van der Waals surface area contributed by atoms with Crippen molar-refractivity contribution in [3.63, 3.8) is 0 Å². The molecule has 3 heterocycles. The van der Waals surface area contributed by atoms with Crippen LogP contribution in [0.4, 0.5) is 0 Å². The Morgan fingerprint density at radius 1 is 1.52 bits per heavy atom. The molecule has 110 valence electrons. The van der Waals surface area contributed by atoms with Crippen molar-refractivity contribution in [2.45, 2.75) is 6.54 Å². The molecule has 8 heteroatoms. The number of fused-ring (bicyclic) bond motifs is 1. The molecule has 0 fully saturated rings. The lowest BCUT2D eigenvalue weighted by atomic mass is 10.2. The lowest BCUT2D eigenvalue weighted by molar-refractivity contribution is -0.666. The number of carbonyl (C=O) groups excluding carboxylic acids is 1. The molecular weight excluding hydrogens is 333 g/mol. The fraction of sp³-hybridized carbons (Fsp3) is 0.231. The Morgan fingerprint density at radius 3 is 3.00 bits per heavy atom. The summed E-state index contributed by atoms with van der Waals surface area (Å²) in [7, 11) is 0. The van der Waals surface area contributed by atoms with Crippen molar-refractivity contribution in [3.8, 4) is 5.88 Å². The quantitative estimate of drug-likeness (QED) is 0.386. The van der Waals surface area contributed by atoms with E-state index in [4.69, 9.17) is 23.2 Å². The SMILES string of the molecule is O=C(CCl)c1c(O)[n+](CC2=CC=C(Cl)NC2)c2sccn12. The van der Waals surface area contributed by atoms with Gasteiger partial charge in [-0.05, 0) is 11.6 Å². The van der Waals surface area contributed by atoms with Crippen LogP contribution in [0, 0.1) is 0 Å². The van der Waals surface area contributed by atoms with Crippen LogP contribution in [0.25, 0.3) is 4.96 Å². The van der Waals surface area contributed by atoms with Crippen LogP contribution in [-0.2, 0) is 6.54 Å². The Morgan fingerprint density at radius 2 is 2.33 bits per heavy atom. The van der Waals surface area contributed by atoms with Crippen molar-refractivity contribution in [2.24, 2.45) is 0 Å². The number of imidazole rings is 1. The van der Waals surface area contributed by atoms with Crippen LogP contribution in [0.3, 0.4) is 0 Å². The fourth-order valence-electron chi connectivity index (χ4n) is 2.25. The number of allylic oxidation sites excluding steroid dienone is 2. The van der Waals surface area contributed by atoms with Crippen LogP contribution in [-0.4, -0.2) is 27.7 Å². The topological polar surface area (TPSA) is 57.6 Å². The minimum absolute atomic E-state index is 0.0611. The number of Topliss-reactive ketones (excluding diaryl/α,β-unsaturated/α-hetero) is 1. The van der Waals surface area contributed by atoms with Crippen molar-refractivity contribution in [2.75, 3.05) is 12.4 Å². The average molecular weight is 345 g/mol. The van der Waals surface area contributed by atoms with Gasteiger partial charge in [0.25, 0.3) is 5.69 Å². The number of aromatic hydroxyl groups is 1. The molecular formula is C13H12Cl2N3O2S+. The minimum atomic E-state index is -0.306. The fourth-order valence-corrected chi connectivity index (χ4v) is 3.35. The monoisotopic (exact) mass is 344 g/mol. The molecule has 0 spiro atoms. The molecule has 0 saturated carbocycles. The van der Waals surface area contributed by atoms with E-state index in [-0.39, 0.29) is 23.2 Å². The van der Waals surface area contributed by atoms with Crippen LogP contribution in [0.1, 0.15) is 10.5 Å². The molecule has 0 aromatic carbocycles. The van der Waals surface area contributed by atoms with Crippen LogP contribution in [0.15, 0.2) is 34.5 Å². The van der Waals surface area contributed by atoms with Crippen molar-refractivity contribution in [1.82, 2.24) is 9.72 Å². The van der Waals surface area contributed by atoms with E-state index in [9.17, 15) is 9.90 Å². The number of dihydropyridines is 1. The molecule has 2 aromatic rings. The molecule has 0 amide bonds. The zero-order valence-corrected chi connectivity index (χ0v) is 13.2. The van der Waals surface area contributed by atoms with Crippen molar-refractivity contribution in [1.29, 1.82) is 0 Å². The summed E-state index contributed by atoms with van der Waals surface area (Å²) in [5.41, 5.74) is 1.27. The largest absolute Gasteiger partial charge is 0.475 e. The molecule has 3 rings (SSSR count). The highest BCUT2D eigenvalue weighted by Gasteiger charge is 2.31. The van der Waals surface area contributed by atoms with E-state index < -0.39 is 0 Å². The van der Waals surface area contributed by atoms with E-state index >= 15 is 0 Å². The predicted molar refractivity (Wildman–Crippen MR) is 82.2 cm³/mol. The zero-order valence-electron chi connectivity index (χ0n) is 10.8. The Labute approximate surface area is 134 Å². The van der Waals surface area contributed by atoms with Crippen molar-refractivity contribution < 1.29 is 14.5 Å². The molecule has 2 aromatic heterocycles. The summed E-state index contributed by atoms with van der Waals surface area (Å²) in [5.74, 6) is -0.535. The van der Waals surface area contributed by atoms with Gasteiger partial charge in [0.2, 0.25) is 5.78 Å². The van der Waals surface area contributed by atoms with Gasteiger partial charge in [-0.25, -0.2) is 0 Å². The Balaban J connectivity index is 2.05. The van der Waals surface area contributed by atoms with E-state index in [0.29, 0.717) is 18.2 Å². The van der Waals surface area contributed by atoms with E-state index in [1.807, 2.05) is 11.5 Å². The van der Waals surface area contributed by atoms with Crippen LogP contribution >= 0.6 is 34.5 Å². The highest BCUT2D eigenvalue weighted by Crippen LogP contribution is 2.22. The maximum absolute atomic E-state index is 11.9. The number of thiazole rings is 1. The van der Waals surface area contributed by atoms with Gasteiger partial charge < -0.3 is 10.4 Å². The van der Waals surface area contributed by atoms with Crippen LogP contribution in [0.5, 0.6) is 5.88 Å². The Kier molecular flexibility index (Phi) is 3.93. The number of ketones is 1. The number of alkyl halides is 1. The summed E-state index contributed by atoms with van der Waals surface area (Å²) in [4.78, 5) is 12.7. The predicted octanol–water partition coefficient (Wildman–Crippen LogP) is 2.03. The van der Waals surface area contributed by atoms with E-state index in [1.165, 1.54) is 11.3 Å². The molecule has 21 heavy (non-hydrogen) atoms. The normalized spacial score (nSPS) is 14.8. The third kappa shape index (κ3) is 2.54. The van der Waals surface area contributed by atoms with Gasteiger partial charge in [0.15, 0.2) is 0 Å². The Hall–Kier alpha value is -1.50. The third-order valence-corrected chi connectivity index (χ3v) is 4.61. The highest BCUT2D eigenvalue weighted by molar-refractivity contribution is 7.14. The van der Waals surface area contributed by atoms with Gasteiger partial charge in [-0.3, -0.25) is 4.79 Å². The van der Waals surface area contributed by atoms with Crippen LogP contribution < -0.4 is 9.88 Å². The number of aromatic nitrogens is 2. The molecule has 5 nitrogen and oxygen atoms in total. The molecule has 0 aliphatic carbocycles. The van der Waals surface area contributed by atoms with Gasteiger partial charge >= 0.3 is 10.8 Å². The summed E-state index contributed by atoms with van der Waals surface area (Å²) in [6.07, 6.45) is 5.43. The van der Waals surface area contributed by atoms with E-state index in [1.54, 1.807) is 21.2 Å². The molecule has 0 atom stereocenters. The zero-order chi connectivity index (χ0) is 15.0. The minimum Gasteiger partial charge on any atom is -0.475 e. The summed E-state index contributed by atoms with van der Waals surface area (Å²) in [5, 5.41) is 15.8. The number of hydrogen-bond donors (Lipinski definition) is 2. The average Bonchev–Trinajstić information content (AvgIpc) is 3.03. The second-order valence-electron chi connectivity index (χ2n) is 4.56. The van der Waals surface area contributed by atoms with Crippen molar-refractivity contribution in [3.05, 3.63) is 40.2 Å². The summed E-state index contributed by atoms with van der Waals surface area (Å²) in [6.45, 7) is 1.07. The smallest absolute Gasteiger partial charge is 0.349 e. The molecule has 1 aliphatic rings. The summed E-state index contributed by atoms with van der Waals surface area (Å²) < 4.78 is 3.37. The number of halogens is 2. The first kappa shape index (κ1) is 14.4. The van der Waals surface area contributed by atoms with Gasteiger partial charge in [-0.1, -0.05) is 29.0 Å². The van der Waals surface area contributed by atoms with Crippen LogP contribution in [0.2, 0.25) is 0 Å². The molecule has 0 radical (unpaired) electrons. The molecule has 2 N–H and O–H groups in total. The first-order chi connectivity index (χ1) is 10.1. The first-order valence-electron chi connectivity index (χ1n) is 6.20. The molecule has 1 aliphatic heterocycles. The lowest BCUT2D eigenvalue weighted by Crippen LogP contribution is -2.36. The number of hydrogen-bond acceptors (Lipinski definition) is 4. The second kappa shape index (κ2) is 5.71. The van der Waals surface area contributed by atoms with E-state index in [2.05, 4.69) is 5.32 Å². The summed E-state index contributed by atoms with van der Waals surface area (Å²) in [6, 6.07) is 0. The number of rotatable bonds is 4. The van der Waals surface area contributed by atoms with Crippen molar-refractivity contribution >= 4 is 45.3 Å². The first-order valence-corrected chi connectivity index (χ1v) is 7.99. The van der Waals surface area contributed by atoms with Gasteiger partial charge in [0.05, 0.1) is 5.88 Å². The highest BCUT2D eigenvalue weighted by atomic mass is 35.5. The molecule has 0 saturated heterocycles. The second-order valence-corrected chi connectivity index (χ2v) is 6.11. The maximum Gasteiger partial charge on any atom is 0.349 e. The standard InChI is InChI=1S/C13H11Cl2N3O2S/c14-5-9(19)11-12(20)18(13-17(11)3-4-21-13)7-8-1-2-10(15)16-6-8/h1-4,16H,5-7H2/p+1. The number of nitrogens with zero attached hydrogens (tertiary/aromatic N) is 2. The third-order valence-electron chi connectivity index (χ3n) is 3.23. The lowest BCUT2D eigenvalue weighted by Gasteiger charge is -2.11. The summed E-state index contributed by atoms with van der Waals surface area (Å²) >= 11 is 12.9. The van der Waals surface area contributed by atoms with E-state index in [0.717, 1.165) is 10.5 Å². The van der Waals surface area contributed by atoms with Gasteiger partial charge in [-0.2, -0.15) is 8.97 Å². The van der Waals surface area contributed by atoms with Gasteiger partial charge in [0.1, 0.15) is 17.9 Å². The van der Waals surface area contributed by atoms with Gasteiger partial charge in [0, 0.05) is 11.9 Å². The number of nitrogens with one attached hydrogen (secondary N) is 1.